The van der Waals surface area contributed by atoms with Gasteiger partial charge in [0.1, 0.15) is 6.04 Å². The molecule has 0 aliphatic carbocycles. The maximum Gasteiger partial charge on any atom is 0.244 e. The van der Waals surface area contributed by atoms with E-state index in [-0.39, 0.29) is 11.9 Å². The lowest BCUT2D eigenvalue weighted by molar-refractivity contribution is -0.124. The van der Waals surface area contributed by atoms with E-state index in [0.29, 0.717) is 6.54 Å². The van der Waals surface area contributed by atoms with Crippen LogP contribution in [-0.4, -0.2) is 60.0 Å². The number of hydrogen-bond acceptors (Lipinski definition) is 4. The number of aromatic nitrogens is 2. The predicted octanol–water partition coefficient (Wildman–Crippen LogP) is 0.673. The van der Waals surface area contributed by atoms with Gasteiger partial charge in [0.05, 0.1) is 13.2 Å². The standard InChI is InChI=1S/C14H24N4O2/c1-2-13(18-8-4-6-16-18)14(19)15-5-3-7-17-9-11-20-12-10-17/h4,6,8,13H,2-3,5,7,9-12H2,1H3,(H,15,19). The van der Waals surface area contributed by atoms with Crippen LogP contribution in [0.5, 0.6) is 0 Å². The van der Waals surface area contributed by atoms with Gasteiger partial charge in [-0.2, -0.15) is 5.10 Å². The minimum Gasteiger partial charge on any atom is -0.379 e. The van der Waals surface area contributed by atoms with Gasteiger partial charge < -0.3 is 10.1 Å². The molecule has 1 aromatic heterocycles. The number of carbonyl (C=O) groups is 1. The Bertz CT molecular complexity index is 388. The van der Waals surface area contributed by atoms with Crippen LogP contribution in [0.1, 0.15) is 25.8 Å². The minimum absolute atomic E-state index is 0.0539. The molecule has 1 fully saturated rings. The third-order valence-corrected chi connectivity index (χ3v) is 3.59. The highest BCUT2D eigenvalue weighted by Gasteiger charge is 2.18. The first kappa shape index (κ1) is 15.0. The van der Waals surface area contributed by atoms with Crippen LogP contribution in [0.4, 0.5) is 0 Å². The zero-order valence-electron chi connectivity index (χ0n) is 12.1. The molecule has 2 rings (SSSR count). The van der Waals surface area contributed by atoms with Gasteiger partial charge in [-0.25, -0.2) is 0 Å². The summed E-state index contributed by atoms with van der Waals surface area (Å²) in [4.78, 5) is 14.5. The van der Waals surface area contributed by atoms with Crippen LogP contribution >= 0.6 is 0 Å². The summed E-state index contributed by atoms with van der Waals surface area (Å²) in [6.07, 6.45) is 5.26. The number of amides is 1. The van der Waals surface area contributed by atoms with Crippen molar-refractivity contribution in [1.29, 1.82) is 0 Å². The summed E-state index contributed by atoms with van der Waals surface area (Å²) in [5.41, 5.74) is 0. The molecule has 1 N–H and O–H groups in total. The Hall–Kier alpha value is -1.40. The van der Waals surface area contributed by atoms with Crippen molar-refractivity contribution in [3.63, 3.8) is 0 Å². The van der Waals surface area contributed by atoms with E-state index in [1.54, 1.807) is 10.9 Å². The average Bonchev–Trinajstić information content (AvgIpc) is 2.99. The van der Waals surface area contributed by atoms with Crippen molar-refractivity contribution in [2.75, 3.05) is 39.4 Å². The van der Waals surface area contributed by atoms with Crippen LogP contribution in [0.2, 0.25) is 0 Å². The van der Waals surface area contributed by atoms with Gasteiger partial charge >= 0.3 is 0 Å². The molecule has 0 aromatic carbocycles. The molecule has 1 amide bonds. The highest BCUT2D eigenvalue weighted by Crippen LogP contribution is 2.09. The van der Waals surface area contributed by atoms with Crippen LogP contribution in [0.25, 0.3) is 0 Å². The zero-order chi connectivity index (χ0) is 14.2. The van der Waals surface area contributed by atoms with Crippen LogP contribution in [0.15, 0.2) is 18.5 Å². The Morgan fingerprint density at radius 3 is 2.90 bits per heavy atom. The van der Waals surface area contributed by atoms with Gasteiger partial charge in [0.2, 0.25) is 5.91 Å². The lowest BCUT2D eigenvalue weighted by Gasteiger charge is -2.26. The van der Waals surface area contributed by atoms with Crippen LogP contribution in [0.3, 0.4) is 0 Å². The molecule has 2 heterocycles. The molecular weight excluding hydrogens is 256 g/mol. The molecule has 0 saturated carbocycles. The van der Waals surface area contributed by atoms with Crippen molar-refractivity contribution in [2.24, 2.45) is 0 Å². The van der Waals surface area contributed by atoms with Gasteiger partial charge in [-0.3, -0.25) is 14.4 Å². The third kappa shape index (κ3) is 4.31. The van der Waals surface area contributed by atoms with Crippen LogP contribution < -0.4 is 5.32 Å². The van der Waals surface area contributed by atoms with E-state index in [2.05, 4.69) is 15.3 Å². The molecule has 6 heteroatoms. The fourth-order valence-electron chi connectivity index (χ4n) is 2.41. The molecule has 1 aromatic rings. The fraction of sp³-hybridized carbons (Fsp3) is 0.714. The summed E-state index contributed by atoms with van der Waals surface area (Å²) in [6, 6.07) is 1.64. The third-order valence-electron chi connectivity index (χ3n) is 3.59. The van der Waals surface area contributed by atoms with E-state index >= 15 is 0 Å². The van der Waals surface area contributed by atoms with E-state index in [1.807, 2.05) is 19.2 Å². The van der Waals surface area contributed by atoms with Crippen LogP contribution in [-0.2, 0) is 9.53 Å². The van der Waals surface area contributed by atoms with Gasteiger partial charge in [0, 0.05) is 32.0 Å². The number of rotatable bonds is 7. The number of morpholine rings is 1. The summed E-state index contributed by atoms with van der Waals surface area (Å²) in [6.45, 7) is 7.38. The first-order valence-electron chi connectivity index (χ1n) is 7.38. The van der Waals surface area contributed by atoms with Crippen molar-refractivity contribution >= 4 is 5.91 Å². The quantitative estimate of drug-likeness (QED) is 0.746. The first-order valence-corrected chi connectivity index (χ1v) is 7.38. The second-order valence-corrected chi connectivity index (χ2v) is 5.01. The van der Waals surface area contributed by atoms with Crippen molar-refractivity contribution in [1.82, 2.24) is 20.0 Å². The second kappa shape index (κ2) is 8.01. The molecule has 1 saturated heterocycles. The normalized spacial score (nSPS) is 17.9. The van der Waals surface area contributed by atoms with Gasteiger partial charge in [0.15, 0.2) is 0 Å². The average molecular weight is 280 g/mol. The highest BCUT2D eigenvalue weighted by molar-refractivity contribution is 5.80. The molecule has 1 atom stereocenters. The maximum atomic E-state index is 12.1. The SMILES string of the molecule is CCC(C(=O)NCCCN1CCOCC1)n1cccn1. The van der Waals surface area contributed by atoms with E-state index in [1.165, 1.54) is 0 Å². The Balaban J connectivity index is 1.66. The Morgan fingerprint density at radius 1 is 1.45 bits per heavy atom. The molecule has 6 nitrogen and oxygen atoms in total. The van der Waals surface area contributed by atoms with E-state index in [0.717, 1.165) is 45.7 Å². The van der Waals surface area contributed by atoms with Crippen LogP contribution in [0, 0.1) is 0 Å². The molecule has 1 aliphatic heterocycles. The number of carbonyl (C=O) groups excluding carboxylic acids is 1. The molecule has 20 heavy (non-hydrogen) atoms. The summed E-state index contributed by atoms with van der Waals surface area (Å²) >= 11 is 0. The monoisotopic (exact) mass is 280 g/mol. The Labute approximate surface area is 120 Å². The minimum atomic E-state index is -0.201. The summed E-state index contributed by atoms with van der Waals surface area (Å²) in [7, 11) is 0. The van der Waals surface area contributed by atoms with Gasteiger partial charge in [0.25, 0.3) is 0 Å². The lowest BCUT2D eigenvalue weighted by atomic mass is 10.2. The molecule has 1 unspecified atom stereocenters. The van der Waals surface area contributed by atoms with E-state index < -0.39 is 0 Å². The highest BCUT2D eigenvalue weighted by atomic mass is 16.5. The van der Waals surface area contributed by atoms with Gasteiger partial charge in [-0.15, -0.1) is 0 Å². The molecule has 1 aliphatic rings. The largest absolute Gasteiger partial charge is 0.379 e. The van der Waals surface area contributed by atoms with Crippen molar-refractivity contribution in [3.05, 3.63) is 18.5 Å². The molecular formula is C14H24N4O2. The maximum absolute atomic E-state index is 12.1. The Kier molecular flexibility index (Phi) is 6.01. The topological polar surface area (TPSA) is 59.4 Å². The Morgan fingerprint density at radius 2 is 2.25 bits per heavy atom. The molecule has 0 bridgehead atoms. The van der Waals surface area contributed by atoms with E-state index in [9.17, 15) is 4.79 Å². The summed E-state index contributed by atoms with van der Waals surface area (Å²) < 4.78 is 7.03. The number of nitrogens with zero attached hydrogens (tertiary/aromatic N) is 3. The second-order valence-electron chi connectivity index (χ2n) is 5.01. The summed E-state index contributed by atoms with van der Waals surface area (Å²) in [5, 5.41) is 7.15. The lowest BCUT2D eigenvalue weighted by Crippen LogP contribution is -2.39. The molecule has 0 spiro atoms. The smallest absolute Gasteiger partial charge is 0.244 e. The number of ether oxygens (including phenoxy) is 1. The fourth-order valence-corrected chi connectivity index (χ4v) is 2.41. The zero-order valence-corrected chi connectivity index (χ0v) is 12.1. The van der Waals surface area contributed by atoms with Crippen molar-refractivity contribution < 1.29 is 9.53 Å². The molecule has 112 valence electrons. The first-order chi connectivity index (χ1) is 9.81. The summed E-state index contributed by atoms with van der Waals surface area (Å²) in [5.74, 6) is 0.0539. The number of nitrogens with one attached hydrogen (secondary N) is 1. The van der Waals surface area contributed by atoms with Crippen molar-refractivity contribution in [3.8, 4) is 0 Å². The van der Waals surface area contributed by atoms with E-state index in [4.69, 9.17) is 4.74 Å². The van der Waals surface area contributed by atoms with Gasteiger partial charge in [-0.05, 0) is 25.5 Å². The molecule has 0 radical (unpaired) electrons. The van der Waals surface area contributed by atoms with Crippen molar-refractivity contribution in [2.45, 2.75) is 25.8 Å². The predicted molar refractivity (Wildman–Crippen MR) is 76.4 cm³/mol. The number of hydrogen-bond donors (Lipinski definition) is 1. The van der Waals surface area contributed by atoms with Gasteiger partial charge in [-0.1, -0.05) is 6.92 Å².